The summed E-state index contributed by atoms with van der Waals surface area (Å²) in [5.74, 6) is 0. The smallest absolute Gasteiger partial charge is 0.744 e. The van der Waals surface area contributed by atoms with E-state index in [9.17, 15) is 25.9 Å². The summed E-state index contributed by atoms with van der Waals surface area (Å²) in [4.78, 5) is -0.0480. The van der Waals surface area contributed by atoms with Gasteiger partial charge in [0.1, 0.15) is 20.2 Å². The third-order valence-corrected chi connectivity index (χ3v) is 14.8. The second-order valence-corrected chi connectivity index (χ2v) is 21.4. The molecular weight excluding hydrogens is 1040 g/mol. The number of unbranched alkanes of at least 4 members (excludes halogenated alkanes) is 24. The van der Waals surface area contributed by atoms with Gasteiger partial charge in [-0.3, -0.25) is 0 Å². The average Bonchev–Trinajstić information content (AvgIpc) is 3.26. The predicted molar refractivity (Wildman–Crippen MR) is 276 cm³/mol. The topological polar surface area (TPSA) is 114 Å². The van der Waals surface area contributed by atoms with Gasteiger partial charge in [-0.1, -0.05) is 218 Å². The summed E-state index contributed by atoms with van der Waals surface area (Å²) < 4.78 is 71.7. The van der Waals surface area contributed by atoms with Gasteiger partial charge in [0.05, 0.1) is 9.79 Å². The van der Waals surface area contributed by atoms with E-state index >= 15 is 0 Å². The van der Waals surface area contributed by atoms with E-state index in [0.29, 0.717) is 24.0 Å². The standard InChI is InChI=1S/2C28H44O3S.Pb/c2*1-3-5-7-9-11-13-15-17-24-19-20-25-22-26(18-16-14-12-10-8-6-4-2)28(32(29,30)31)23-27(25)21-24;/h2*19-23H,3-18H2,1-2H3,(H,29,30,31);/q;;+2/p-2. The first-order chi connectivity index (χ1) is 30.9. The monoisotopic (exact) mass is 1130 g/mol. The zero-order valence-corrected chi connectivity index (χ0v) is 46.7. The van der Waals surface area contributed by atoms with Crippen molar-refractivity contribution in [2.45, 2.75) is 243 Å². The van der Waals surface area contributed by atoms with Crippen molar-refractivity contribution in [3.05, 3.63) is 82.9 Å². The minimum absolute atomic E-state index is 0. The van der Waals surface area contributed by atoms with Crippen molar-refractivity contribution in [1.29, 1.82) is 0 Å². The van der Waals surface area contributed by atoms with E-state index in [1.54, 1.807) is 12.1 Å². The third-order valence-electron chi connectivity index (χ3n) is 12.9. The number of aryl methyl sites for hydroxylation is 4. The van der Waals surface area contributed by atoms with Gasteiger partial charge in [0.25, 0.3) is 0 Å². The number of hydrogen-bond donors (Lipinski definition) is 0. The first-order valence-corrected chi connectivity index (χ1v) is 28.8. The number of rotatable bonds is 34. The van der Waals surface area contributed by atoms with Crippen LogP contribution in [0.4, 0.5) is 0 Å². The molecule has 4 rings (SSSR count). The fraction of sp³-hybridized carbons (Fsp3) is 0.643. The Labute approximate surface area is 418 Å². The molecule has 0 fully saturated rings. The molecule has 4 aromatic rings. The minimum atomic E-state index is -4.47. The fourth-order valence-electron chi connectivity index (χ4n) is 9.03. The predicted octanol–water partition coefficient (Wildman–Crippen LogP) is 16.3. The Hall–Kier alpha value is -1.86. The Morgan fingerprint density at radius 2 is 0.585 bits per heavy atom. The van der Waals surface area contributed by atoms with Gasteiger partial charge in [0.15, 0.2) is 0 Å². The average molecular weight is 1130 g/mol. The van der Waals surface area contributed by atoms with Crippen LogP contribution in [0.3, 0.4) is 0 Å². The summed E-state index contributed by atoms with van der Waals surface area (Å²) in [6.45, 7) is 8.90. The number of fused-ring (bicyclic) bond motifs is 2. The number of hydrogen-bond acceptors (Lipinski definition) is 6. The summed E-state index contributed by atoms with van der Waals surface area (Å²) in [5.41, 5.74) is 3.81. The van der Waals surface area contributed by atoms with Gasteiger partial charge in [-0.25, -0.2) is 16.8 Å². The first-order valence-electron chi connectivity index (χ1n) is 25.9. The molecule has 362 valence electrons. The van der Waals surface area contributed by atoms with E-state index in [4.69, 9.17) is 0 Å². The molecule has 0 aromatic heterocycles. The molecule has 0 saturated heterocycles. The molecule has 65 heavy (non-hydrogen) atoms. The Kier molecular flexibility index (Phi) is 31.4. The van der Waals surface area contributed by atoms with Crippen LogP contribution >= 0.6 is 0 Å². The summed E-state index contributed by atoms with van der Waals surface area (Å²) in [6, 6.07) is 19.7. The quantitative estimate of drug-likeness (QED) is 0.0261. The SMILES string of the molecule is CCCCCCCCCc1ccc2cc(CCCCCCCCC)c(S(=O)(=O)[O-])cc2c1.CCCCCCCCCc1ccc2cc(CCCCCCCCC)c(S(=O)(=O)[O-])cc2c1.[Pb+2]. The number of benzene rings is 4. The zero-order chi connectivity index (χ0) is 46.5. The molecule has 0 saturated carbocycles. The molecule has 0 aliphatic heterocycles. The molecule has 2 radical (unpaired) electrons. The maximum Gasteiger partial charge on any atom is 2.00 e. The molecule has 0 aliphatic rings. The Morgan fingerprint density at radius 1 is 0.323 bits per heavy atom. The Balaban J connectivity index is 0.000000440. The maximum atomic E-state index is 12.0. The van der Waals surface area contributed by atoms with E-state index in [0.717, 1.165) is 72.9 Å². The second-order valence-electron chi connectivity index (χ2n) is 18.7. The Bertz CT molecular complexity index is 1960. The van der Waals surface area contributed by atoms with E-state index in [2.05, 4.69) is 64.1 Å². The largest absolute Gasteiger partial charge is 2.00 e. The van der Waals surface area contributed by atoms with Crippen LogP contribution in [0.1, 0.15) is 230 Å². The zero-order valence-electron chi connectivity index (χ0n) is 41.2. The van der Waals surface area contributed by atoms with Gasteiger partial charge in [0, 0.05) is 0 Å². The van der Waals surface area contributed by atoms with Crippen LogP contribution < -0.4 is 0 Å². The van der Waals surface area contributed by atoms with E-state index in [1.807, 2.05) is 12.1 Å². The normalized spacial score (nSPS) is 11.8. The van der Waals surface area contributed by atoms with Crippen LogP contribution in [-0.2, 0) is 45.9 Å². The van der Waals surface area contributed by atoms with E-state index in [1.165, 1.54) is 152 Å². The minimum Gasteiger partial charge on any atom is -0.744 e. The fourth-order valence-corrected chi connectivity index (χ4v) is 10.5. The van der Waals surface area contributed by atoms with Gasteiger partial charge < -0.3 is 9.11 Å². The molecule has 0 N–H and O–H groups in total. The van der Waals surface area contributed by atoms with Crippen molar-refractivity contribution < 1.29 is 25.9 Å². The van der Waals surface area contributed by atoms with Crippen molar-refractivity contribution in [2.75, 3.05) is 0 Å². The van der Waals surface area contributed by atoms with Crippen molar-refractivity contribution >= 4 is 69.1 Å². The van der Waals surface area contributed by atoms with Crippen LogP contribution in [0.25, 0.3) is 21.5 Å². The molecule has 0 amide bonds. The van der Waals surface area contributed by atoms with Gasteiger partial charge in [-0.2, -0.15) is 0 Å². The molecule has 0 spiro atoms. The molecule has 9 heteroatoms. The summed E-state index contributed by atoms with van der Waals surface area (Å²) >= 11 is 0. The molecule has 0 heterocycles. The molecule has 4 aromatic carbocycles. The van der Waals surface area contributed by atoms with Crippen molar-refractivity contribution in [3.8, 4) is 0 Å². The second kappa shape index (κ2) is 34.4. The van der Waals surface area contributed by atoms with Crippen LogP contribution in [0, 0.1) is 0 Å². The van der Waals surface area contributed by atoms with Crippen LogP contribution in [0.2, 0.25) is 0 Å². The van der Waals surface area contributed by atoms with Crippen molar-refractivity contribution in [3.63, 3.8) is 0 Å². The van der Waals surface area contributed by atoms with E-state index in [-0.39, 0.29) is 37.1 Å². The van der Waals surface area contributed by atoms with Crippen molar-refractivity contribution in [1.82, 2.24) is 0 Å². The molecule has 0 atom stereocenters. The molecule has 0 bridgehead atoms. The maximum absolute atomic E-state index is 12.0. The van der Waals surface area contributed by atoms with Gasteiger partial charge in [-0.15, -0.1) is 0 Å². The van der Waals surface area contributed by atoms with Gasteiger partial charge >= 0.3 is 27.3 Å². The van der Waals surface area contributed by atoms with E-state index < -0.39 is 20.2 Å². The Morgan fingerprint density at radius 3 is 0.862 bits per heavy atom. The molecule has 0 aliphatic carbocycles. The van der Waals surface area contributed by atoms with Gasteiger partial charge in [0.2, 0.25) is 0 Å². The molecule has 0 unspecified atom stereocenters. The third kappa shape index (κ3) is 24.3. The van der Waals surface area contributed by atoms with Crippen LogP contribution in [0.5, 0.6) is 0 Å². The summed E-state index contributed by atoms with van der Waals surface area (Å²) in [6.07, 6.45) is 37.6. The molecular formula is C56H86O6PbS2. The van der Waals surface area contributed by atoms with Crippen LogP contribution in [0.15, 0.2) is 70.5 Å². The van der Waals surface area contributed by atoms with Crippen molar-refractivity contribution in [2.24, 2.45) is 0 Å². The van der Waals surface area contributed by atoms with Crippen LogP contribution in [-0.4, -0.2) is 53.2 Å². The van der Waals surface area contributed by atoms with Gasteiger partial charge in [-0.05, 0) is 119 Å². The summed E-state index contributed by atoms with van der Waals surface area (Å²) in [5, 5.41) is 3.78. The molecule has 6 nitrogen and oxygen atoms in total. The summed E-state index contributed by atoms with van der Waals surface area (Å²) in [7, 11) is -8.95. The first kappa shape index (κ1) is 59.3.